The van der Waals surface area contributed by atoms with E-state index in [4.69, 9.17) is 9.16 Å². The van der Waals surface area contributed by atoms with Gasteiger partial charge in [-0.25, -0.2) is 4.79 Å². The van der Waals surface area contributed by atoms with Gasteiger partial charge in [0.05, 0.1) is 13.2 Å². The number of carbonyl (C=O) groups excluding carboxylic acids is 2. The summed E-state index contributed by atoms with van der Waals surface area (Å²) in [4.78, 5) is 23.2. The third kappa shape index (κ3) is 4.81. The van der Waals surface area contributed by atoms with Crippen LogP contribution in [-0.4, -0.2) is 37.9 Å². The Kier molecular flexibility index (Phi) is 6.14. The molecule has 5 nitrogen and oxygen atoms in total. The van der Waals surface area contributed by atoms with Crippen LogP contribution in [0.4, 0.5) is 0 Å². The molecular weight excluding hydrogens is 298 g/mol. The molecule has 0 saturated carbocycles. The number of Topliss-reactive ketones (excluding diaryl/α,β-unsaturated/α-hetero) is 1. The smallest absolute Gasteiger partial charge is 0.379 e. The van der Waals surface area contributed by atoms with Gasteiger partial charge in [-0.1, -0.05) is 20.8 Å². The number of hydrogen-bond acceptors (Lipinski definition) is 4. The van der Waals surface area contributed by atoms with Crippen molar-refractivity contribution in [2.24, 2.45) is 0 Å². The molecule has 0 radical (unpaired) electrons. The van der Waals surface area contributed by atoms with E-state index in [9.17, 15) is 9.59 Å². The molecule has 0 saturated heterocycles. The molecule has 22 heavy (non-hydrogen) atoms. The molecule has 0 spiro atoms. The molecule has 0 aliphatic heterocycles. The van der Waals surface area contributed by atoms with Crippen LogP contribution in [0.1, 0.15) is 38.1 Å². The van der Waals surface area contributed by atoms with E-state index in [2.05, 4.69) is 33.9 Å². The Morgan fingerprint density at radius 3 is 2.45 bits per heavy atom. The highest BCUT2D eigenvalue weighted by atomic mass is 28.4. The van der Waals surface area contributed by atoms with Gasteiger partial charge >= 0.3 is 5.97 Å². The lowest BCUT2D eigenvalue weighted by Crippen LogP contribution is -2.41. The molecule has 0 bridgehead atoms. The number of ketones is 1. The molecule has 1 rings (SSSR count). The fourth-order valence-electron chi connectivity index (χ4n) is 1.65. The molecule has 1 heterocycles. The number of nitrogens with zero attached hydrogens (tertiary/aromatic N) is 1. The number of ether oxygens (including phenoxy) is 1. The third-order valence-corrected chi connectivity index (χ3v) is 8.63. The number of esters is 1. The van der Waals surface area contributed by atoms with Gasteiger partial charge in [-0.2, -0.15) is 0 Å². The van der Waals surface area contributed by atoms with Crippen molar-refractivity contribution in [3.8, 4) is 0 Å². The van der Waals surface area contributed by atoms with Crippen molar-refractivity contribution < 1.29 is 18.8 Å². The lowest BCUT2D eigenvalue weighted by atomic mass is 10.2. The van der Waals surface area contributed by atoms with E-state index in [0.717, 1.165) is 0 Å². The van der Waals surface area contributed by atoms with E-state index in [-0.39, 0.29) is 11.6 Å². The minimum atomic E-state index is -1.76. The summed E-state index contributed by atoms with van der Waals surface area (Å²) in [5.41, 5.74) is 0.353. The molecule has 0 fully saturated rings. The first-order chi connectivity index (χ1) is 10.1. The van der Waals surface area contributed by atoms with Crippen molar-refractivity contribution in [2.75, 3.05) is 13.2 Å². The quantitative estimate of drug-likeness (QED) is 0.334. The summed E-state index contributed by atoms with van der Waals surface area (Å²) in [6, 6.07) is 1.63. The summed E-state index contributed by atoms with van der Waals surface area (Å²) in [7, 11) is -1.76. The Bertz CT molecular complexity index is 528. The summed E-state index contributed by atoms with van der Waals surface area (Å²) in [5.74, 6) is -1.41. The molecule has 0 N–H and O–H groups in total. The zero-order valence-electron chi connectivity index (χ0n) is 14.4. The van der Waals surface area contributed by atoms with Crippen LogP contribution >= 0.6 is 0 Å². The van der Waals surface area contributed by atoms with Gasteiger partial charge in [0.1, 0.15) is 0 Å². The summed E-state index contributed by atoms with van der Waals surface area (Å²) >= 11 is 0. The Balaban J connectivity index is 2.56. The Morgan fingerprint density at radius 2 is 1.91 bits per heavy atom. The number of aromatic nitrogens is 1. The van der Waals surface area contributed by atoms with Gasteiger partial charge in [-0.15, -0.1) is 0 Å². The van der Waals surface area contributed by atoms with Gasteiger partial charge in [-0.3, -0.25) is 4.79 Å². The monoisotopic (exact) mass is 325 g/mol. The third-order valence-electron chi connectivity index (χ3n) is 4.09. The van der Waals surface area contributed by atoms with Crippen molar-refractivity contribution in [3.63, 3.8) is 0 Å². The van der Waals surface area contributed by atoms with Crippen molar-refractivity contribution in [1.82, 2.24) is 4.57 Å². The van der Waals surface area contributed by atoms with Gasteiger partial charge in [0.2, 0.25) is 0 Å². The van der Waals surface area contributed by atoms with Crippen molar-refractivity contribution in [3.05, 3.63) is 24.0 Å². The second-order valence-corrected chi connectivity index (χ2v) is 11.6. The predicted octanol–water partition coefficient (Wildman–Crippen LogP) is 3.26. The second-order valence-electron chi connectivity index (χ2n) is 6.80. The molecule has 1 aromatic rings. The average molecular weight is 325 g/mol. The van der Waals surface area contributed by atoms with E-state index in [0.29, 0.717) is 18.7 Å². The van der Waals surface area contributed by atoms with Gasteiger partial charge in [0.25, 0.3) is 5.78 Å². The standard InChI is InChI=1S/C16H27NO4Si/c1-7-20-15(19)14(18)13-8-9-17(12-13)10-11-21-22(5,6)16(2,3)4/h8-9,12H,7,10-11H2,1-6H3. The van der Waals surface area contributed by atoms with Crippen LogP contribution in [0.25, 0.3) is 0 Å². The fraction of sp³-hybridized carbons (Fsp3) is 0.625. The zero-order chi connectivity index (χ0) is 17.0. The number of rotatable bonds is 7. The first-order valence-electron chi connectivity index (χ1n) is 7.59. The maximum absolute atomic E-state index is 11.8. The molecule has 0 aromatic carbocycles. The van der Waals surface area contributed by atoms with E-state index < -0.39 is 20.1 Å². The SMILES string of the molecule is CCOC(=O)C(=O)c1ccn(CCO[Si](C)(C)C(C)(C)C)c1. The van der Waals surface area contributed by atoms with Crippen molar-refractivity contribution >= 4 is 20.1 Å². The molecule has 0 aliphatic rings. The second kappa shape index (κ2) is 7.24. The van der Waals surface area contributed by atoms with Crippen LogP contribution in [0.2, 0.25) is 18.1 Å². The van der Waals surface area contributed by atoms with Crippen LogP contribution in [0, 0.1) is 0 Å². The van der Waals surface area contributed by atoms with Gasteiger partial charge in [0.15, 0.2) is 8.32 Å². The highest BCUT2D eigenvalue weighted by molar-refractivity contribution is 6.74. The largest absolute Gasteiger partial charge is 0.460 e. The van der Waals surface area contributed by atoms with E-state index in [1.54, 1.807) is 25.4 Å². The molecule has 1 aromatic heterocycles. The number of hydrogen-bond donors (Lipinski definition) is 0. The van der Waals surface area contributed by atoms with Crippen molar-refractivity contribution in [2.45, 2.75) is 52.4 Å². The van der Waals surface area contributed by atoms with Gasteiger partial charge in [-0.05, 0) is 31.1 Å². The normalized spacial score (nSPS) is 12.3. The molecule has 0 amide bonds. The molecule has 0 unspecified atom stereocenters. The van der Waals surface area contributed by atoms with E-state index in [1.807, 2.05) is 4.57 Å². The van der Waals surface area contributed by atoms with E-state index >= 15 is 0 Å². The molecular formula is C16H27NO4Si. The zero-order valence-corrected chi connectivity index (χ0v) is 15.4. The van der Waals surface area contributed by atoms with Crippen LogP contribution in [0.3, 0.4) is 0 Å². The topological polar surface area (TPSA) is 57.5 Å². The average Bonchev–Trinajstić information content (AvgIpc) is 2.85. The molecule has 0 atom stereocenters. The summed E-state index contributed by atoms with van der Waals surface area (Å²) in [5, 5.41) is 0.175. The van der Waals surface area contributed by atoms with Gasteiger partial charge in [0, 0.05) is 24.5 Å². The van der Waals surface area contributed by atoms with E-state index in [1.165, 1.54) is 0 Å². The molecule has 6 heteroatoms. The highest BCUT2D eigenvalue weighted by Gasteiger charge is 2.36. The maximum atomic E-state index is 11.8. The predicted molar refractivity (Wildman–Crippen MR) is 88.5 cm³/mol. The summed E-state index contributed by atoms with van der Waals surface area (Å²) in [6.45, 7) is 14.1. The van der Waals surface area contributed by atoms with Crippen molar-refractivity contribution in [1.29, 1.82) is 0 Å². The molecule has 124 valence electrons. The Hall–Kier alpha value is -1.40. The molecule has 0 aliphatic carbocycles. The minimum Gasteiger partial charge on any atom is -0.460 e. The Labute approximate surface area is 133 Å². The minimum absolute atomic E-state index is 0.175. The lowest BCUT2D eigenvalue weighted by molar-refractivity contribution is -0.137. The number of carbonyl (C=O) groups is 2. The fourth-order valence-corrected chi connectivity index (χ4v) is 2.69. The van der Waals surface area contributed by atoms with Crippen LogP contribution in [-0.2, 0) is 20.5 Å². The lowest BCUT2D eigenvalue weighted by Gasteiger charge is -2.36. The van der Waals surface area contributed by atoms with Gasteiger partial charge < -0.3 is 13.7 Å². The first-order valence-corrected chi connectivity index (χ1v) is 10.5. The first kappa shape index (κ1) is 18.6. The van der Waals surface area contributed by atoms with Crippen LogP contribution < -0.4 is 0 Å². The summed E-state index contributed by atoms with van der Waals surface area (Å²) in [6.07, 6.45) is 3.44. The highest BCUT2D eigenvalue weighted by Crippen LogP contribution is 2.36. The van der Waals surface area contributed by atoms with Crippen LogP contribution in [0.5, 0.6) is 0 Å². The maximum Gasteiger partial charge on any atom is 0.379 e. The summed E-state index contributed by atoms with van der Waals surface area (Å²) < 4.78 is 12.7. The van der Waals surface area contributed by atoms with Crippen LogP contribution in [0.15, 0.2) is 18.5 Å². The Morgan fingerprint density at radius 1 is 1.27 bits per heavy atom.